The zero-order valence-corrected chi connectivity index (χ0v) is 17.4. The maximum absolute atomic E-state index is 12.2. The molecule has 158 valence electrons. The third-order valence-electron chi connectivity index (χ3n) is 4.70. The van der Waals surface area contributed by atoms with E-state index in [1.807, 2.05) is 0 Å². The Hall–Kier alpha value is -2.92. The molecular formula is C19H23N7O3S. The average molecular weight is 430 g/mol. The van der Waals surface area contributed by atoms with E-state index < -0.39 is 0 Å². The molecule has 1 aliphatic rings. The largest absolute Gasteiger partial charge is 0.378 e. The van der Waals surface area contributed by atoms with Gasteiger partial charge in [0, 0.05) is 31.9 Å². The molecule has 3 aromatic rings. The van der Waals surface area contributed by atoms with Gasteiger partial charge in [0.15, 0.2) is 10.8 Å². The predicted octanol–water partition coefficient (Wildman–Crippen LogP) is 0.893. The van der Waals surface area contributed by atoms with E-state index in [-0.39, 0.29) is 11.5 Å². The van der Waals surface area contributed by atoms with Gasteiger partial charge >= 0.3 is 0 Å². The van der Waals surface area contributed by atoms with Gasteiger partial charge in [-0.25, -0.2) is 14.6 Å². The molecule has 0 radical (unpaired) electrons. The molecule has 0 atom stereocenters. The Balaban J connectivity index is 1.52. The van der Waals surface area contributed by atoms with Gasteiger partial charge in [0.25, 0.3) is 5.91 Å². The Kier molecular flexibility index (Phi) is 6.29. The Morgan fingerprint density at radius 1 is 1.30 bits per heavy atom. The molecule has 4 heterocycles. The number of thioether (sulfide) groups is 1. The molecule has 0 unspecified atom stereocenters. The molecule has 1 fully saturated rings. The number of carbonyl (C=O) groups is 1. The van der Waals surface area contributed by atoms with Crippen LogP contribution in [0, 0.1) is 0 Å². The second-order valence-corrected chi connectivity index (χ2v) is 7.90. The normalized spacial score (nSPS) is 14.2. The highest BCUT2D eigenvalue weighted by molar-refractivity contribution is 7.99. The van der Waals surface area contributed by atoms with Crippen LogP contribution in [0.15, 0.2) is 34.5 Å². The minimum absolute atomic E-state index is 0.244. The first-order valence-corrected chi connectivity index (χ1v) is 10.8. The maximum Gasteiger partial charge on any atom is 0.252 e. The lowest BCUT2D eigenvalue weighted by atomic mass is 10.3. The highest BCUT2D eigenvalue weighted by Crippen LogP contribution is 2.27. The van der Waals surface area contributed by atoms with Crippen LogP contribution < -0.4 is 15.8 Å². The average Bonchev–Trinajstić information content (AvgIpc) is 3.17. The fourth-order valence-corrected chi connectivity index (χ4v) is 3.78. The van der Waals surface area contributed by atoms with Gasteiger partial charge in [0.2, 0.25) is 5.56 Å². The number of amides is 1. The van der Waals surface area contributed by atoms with Crippen LogP contribution in [0.4, 0.5) is 5.82 Å². The number of aromatic nitrogens is 5. The third-order valence-corrected chi connectivity index (χ3v) is 5.42. The molecule has 1 aliphatic heterocycles. The summed E-state index contributed by atoms with van der Waals surface area (Å²) in [6, 6.07) is 2.82. The van der Waals surface area contributed by atoms with Crippen LogP contribution in [0.1, 0.15) is 17.3 Å². The van der Waals surface area contributed by atoms with Crippen molar-refractivity contribution >= 4 is 34.5 Å². The minimum Gasteiger partial charge on any atom is -0.378 e. The van der Waals surface area contributed by atoms with Gasteiger partial charge in [-0.15, -0.1) is 0 Å². The summed E-state index contributed by atoms with van der Waals surface area (Å²) in [6.45, 7) is 5.82. The fourth-order valence-electron chi connectivity index (χ4n) is 3.22. The molecule has 1 saturated heterocycles. The van der Waals surface area contributed by atoms with Crippen LogP contribution in [-0.2, 0) is 11.3 Å². The van der Waals surface area contributed by atoms with E-state index in [4.69, 9.17) is 9.72 Å². The fraction of sp³-hybridized carbons (Fsp3) is 0.421. The summed E-state index contributed by atoms with van der Waals surface area (Å²) in [5.41, 5.74) is 0.908. The van der Waals surface area contributed by atoms with Crippen molar-refractivity contribution in [3.8, 4) is 0 Å². The number of carbonyl (C=O) groups excluding carboxylic acids is 1. The highest BCUT2D eigenvalue weighted by atomic mass is 32.2. The first kappa shape index (κ1) is 20.4. The zero-order chi connectivity index (χ0) is 20.9. The number of ether oxygens (including phenoxy) is 1. The lowest BCUT2D eigenvalue weighted by Gasteiger charge is -2.28. The van der Waals surface area contributed by atoms with Crippen LogP contribution in [0.3, 0.4) is 0 Å². The van der Waals surface area contributed by atoms with E-state index in [0.717, 1.165) is 35.7 Å². The molecule has 1 amide bonds. The SMILES string of the molecule is CCSc1nc(N2CCOCC2)c2cnn(CCNC(=O)c3ccc(=O)[nH]c3)c2n1. The molecule has 30 heavy (non-hydrogen) atoms. The van der Waals surface area contributed by atoms with E-state index in [9.17, 15) is 9.59 Å². The van der Waals surface area contributed by atoms with Crippen LogP contribution in [-0.4, -0.2) is 69.2 Å². The van der Waals surface area contributed by atoms with Crippen LogP contribution >= 0.6 is 11.8 Å². The number of hydrogen-bond acceptors (Lipinski definition) is 8. The predicted molar refractivity (Wildman–Crippen MR) is 114 cm³/mol. The quantitative estimate of drug-likeness (QED) is 0.420. The molecule has 4 rings (SSSR count). The smallest absolute Gasteiger partial charge is 0.252 e. The second kappa shape index (κ2) is 9.26. The summed E-state index contributed by atoms with van der Waals surface area (Å²) < 4.78 is 7.25. The van der Waals surface area contributed by atoms with Gasteiger partial charge in [-0.2, -0.15) is 5.10 Å². The number of aromatic amines is 1. The summed E-state index contributed by atoms with van der Waals surface area (Å²) in [7, 11) is 0. The summed E-state index contributed by atoms with van der Waals surface area (Å²) in [6.07, 6.45) is 3.18. The van der Waals surface area contributed by atoms with Crippen molar-refractivity contribution in [3.05, 3.63) is 40.4 Å². The van der Waals surface area contributed by atoms with Gasteiger partial charge in [0.05, 0.1) is 36.9 Å². The van der Waals surface area contributed by atoms with Crippen LogP contribution in [0.2, 0.25) is 0 Å². The molecule has 0 aliphatic carbocycles. The topological polar surface area (TPSA) is 118 Å². The van der Waals surface area contributed by atoms with Gasteiger partial charge in [-0.05, 0) is 11.8 Å². The Labute approximate surface area is 177 Å². The van der Waals surface area contributed by atoms with Crippen molar-refractivity contribution < 1.29 is 9.53 Å². The van der Waals surface area contributed by atoms with Gasteiger partial charge < -0.3 is 19.9 Å². The number of H-pyrrole nitrogens is 1. The monoisotopic (exact) mass is 429 g/mol. The number of fused-ring (bicyclic) bond motifs is 1. The van der Waals surface area contributed by atoms with E-state index in [1.165, 1.54) is 18.3 Å². The van der Waals surface area contributed by atoms with Crippen molar-refractivity contribution in [2.75, 3.05) is 43.5 Å². The Bertz CT molecular complexity index is 1070. The maximum atomic E-state index is 12.2. The molecule has 2 N–H and O–H groups in total. The summed E-state index contributed by atoms with van der Waals surface area (Å²) >= 11 is 1.59. The molecular weight excluding hydrogens is 406 g/mol. The number of anilines is 1. The lowest BCUT2D eigenvalue weighted by molar-refractivity contribution is 0.0951. The molecule has 0 saturated carbocycles. The summed E-state index contributed by atoms with van der Waals surface area (Å²) in [5.74, 6) is 1.49. The molecule has 10 nitrogen and oxygen atoms in total. The summed E-state index contributed by atoms with van der Waals surface area (Å²) in [5, 5.41) is 8.93. The van der Waals surface area contributed by atoms with E-state index in [1.54, 1.807) is 22.6 Å². The van der Waals surface area contributed by atoms with Crippen molar-refractivity contribution in [2.24, 2.45) is 0 Å². The number of pyridine rings is 1. The molecule has 0 bridgehead atoms. The zero-order valence-electron chi connectivity index (χ0n) is 16.6. The third kappa shape index (κ3) is 4.46. The van der Waals surface area contributed by atoms with Gasteiger partial charge in [0.1, 0.15) is 5.82 Å². The van der Waals surface area contributed by atoms with Crippen molar-refractivity contribution in [2.45, 2.75) is 18.6 Å². The standard InChI is InChI=1S/C19H23N7O3S/c1-2-30-19-23-16(25-7-9-29-10-8-25)14-12-22-26(17(14)24-19)6-5-20-18(28)13-3-4-15(27)21-11-13/h3-4,11-12H,2,5-10H2,1H3,(H,20,28)(H,21,27). The minimum atomic E-state index is -0.256. The first-order chi connectivity index (χ1) is 14.7. The number of nitrogens with one attached hydrogen (secondary N) is 2. The Morgan fingerprint density at radius 3 is 2.87 bits per heavy atom. The number of hydrogen-bond donors (Lipinski definition) is 2. The van der Waals surface area contributed by atoms with E-state index >= 15 is 0 Å². The number of morpholine rings is 1. The molecule has 3 aromatic heterocycles. The van der Waals surface area contributed by atoms with Crippen molar-refractivity contribution in [3.63, 3.8) is 0 Å². The van der Waals surface area contributed by atoms with Crippen molar-refractivity contribution in [1.29, 1.82) is 0 Å². The second-order valence-electron chi connectivity index (χ2n) is 6.66. The molecule has 0 spiro atoms. The highest BCUT2D eigenvalue weighted by Gasteiger charge is 2.20. The van der Waals surface area contributed by atoms with Crippen LogP contribution in [0.5, 0.6) is 0 Å². The number of rotatable bonds is 7. The molecule has 0 aromatic carbocycles. The lowest BCUT2D eigenvalue weighted by Crippen LogP contribution is -2.37. The van der Waals surface area contributed by atoms with E-state index in [0.29, 0.717) is 37.0 Å². The first-order valence-electron chi connectivity index (χ1n) is 9.81. The molecule has 11 heteroatoms. The summed E-state index contributed by atoms with van der Waals surface area (Å²) in [4.78, 5) is 37.5. The van der Waals surface area contributed by atoms with Gasteiger partial charge in [-0.3, -0.25) is 9.59 Å². The van der Waals surface area contributed by atoms with Gasteiger partial charge in [-0.1, -0.05) is 18.7 Å². The number of nitrogens with zero attached hydrogens (tertiary/aromatic N) is 5. The Morgan fingerprint density at radius 2 is 2.13 bits per heavy atom. The van der Waals surface area contributed by atoms with E-state index in [2.05, 4.69) is 32.2 Å². The van der Waals surface area contributed by atoms with Crippen molar-refractivity contribution in [1.82, 2.24) is 30.0 Å². The van der Waals surface area contributed by atoms with Crippen LogP contribution in [0.25, 0.3) is 11.0 Å².